The molecule has 16 heavy (non-hydrogen) atoms. The lowest BCUT2D eigenvalue weighted by Gasteiger charge is -2.25. The van der Waals surface area contributed by atoms with E-state index in [4.69, 9.17) is 0 Å². The number of likely N-dealkylation sites (tertiary alicyclic amines) is 1. The van der Waals surface area contributed by atoms with Gasteiger partial charge in [0.25, 0.3) is 0 Å². The molecule has 0 unspecified atom stereocenters. The minimum absolute atomic E-state index is 0.961. The number of nitrogens with one attached hydrogen (secondary N) is 1. The largest absolute Gasteiger partial charge is 0.374 e. The Kier molecular flexibility index (Phi) is 4.54. The molecule has 90 valence electrons. The number of aromatic nitrogens is 2. The normalized spacial score (nSPS) is 17.6. The summed E-state index contributed by atoms with van der Waals surface area (Å²) >= 11 is 1.48. The van der Waals surface area contributed by atoms with Crippen LogP contribution < -0.4 is 5.32 Å². The zero-order valence-corrected chi connectivity index (χ0v) is 10.7. The molecule has 1 N–H and O–H groups in total. The van der Waals surface area contributed by atoms with Gasteiger partial charge in [0.1, 0.15) is 10.7 Å². The molecule has 1 fully saturated rings. The Morgan fingerprint density at radius 1 is 1.31 bits per heavy atom. The van der Waals surface area contributed by atoms with Crippen LogP contribution in [0.2, 0.25) is 0 Å². The topological polar surface area (TPSA) is 41.1 Å². The Bertz CT molecular complexity index is 307. The lowest BCUT2D eigenvalue weighted by molar-refractivity contribution is 0.219. The Hall–Kier alpha value is -0.680. The molecule has 0 bridgehead atoms. The molecular formula is C11H20N4S. The molecule has 0 amide bonds. The number of anilines is 1. The minimum atomic E-state index is 0.961. The molecule has 1 aliphatic rings. The molecule has 0 aliphatic carbocycles. The molecule has 1 aromatic heterocycles. The maximum absolute atomic E-state index is 4.23. The summed E-state index contributed by atoms with van der Waals surface area (Å²) in [6, 6.07) is 0. The summed E-state index contributed by atoms with van der Waals surface area (Å²) in [6.45, 7) is 6.57. The summed E-state index contributed by atoms with van der Waals surface area (Å²) < 4.78 is 4.04. The van der Waals surface area contributed by atoms with E-state index in [0.29, 0.717) is 0 Å². The van der Waals surface area contributed by atoms with Gasteiger partial charge in [-0.05, 0) is 32.4 Å². The molecule has 5 heteroatoms. The van der Waals surface area contributed by atoms with Gasteiger partial charge in [-0.25, -0.2) is 0 Å². The molecular weight excluding hydrogens is 220 g/mol. The SMILES string of the molecule is CCCNc1snnc1CN1CCCCC1. The van der Waals surface area contributed by atoms with Gasteiger partial charge in [-0.1, -0.05) is 17.8 Å². The summed E-state index contributed by atoms with van der Waals surface area (Å²) in [6.07, 6.45) is 5.18. The Balaban J connectivity index is 1.89. The Labute approximate surface area is 101 Å². The van der Waals surface area contributed by atoms with E-state index in [2.05, 4.69) is 26.7 Å². The summed E-state index contributed by atoms with van der Waals surface area (Å²) in [5.74, 6) is 0. The van der Waals surface area contributed by atoms with E-state index >= 15 is 0 Å². The van der Waals surface area contributed by atoms with E-state index in [1.165, 1.54) is 43.9 Å². The molecule has 1 aliphatic heterocycles. The summed E-state index contributed by atoms with van der Waals surface area (Å²) in [5.41, 5.74) is 1.13. The predicted molar refractivity (Wildman–Crippen MR) is 67.8 cm³/mol. The van der Waals surface area contributed by atoms with E-state index < -0.39 is 0 Å². The quantitative estimate of drug-likeness (QED) is 0.857. The van der Waals surface area contributed by atoms with Gasteiger partial charge in [0.05, 0.1) is 0 Å². The first-order valence-corrected chi connectivity index (χ1v) is 6.95. The van der Waals surface area contributed by atoms with Crippen LogP contribution >= 0.6 is 11.5 Å². The van der Waals surface area contributed by atoms with Crippen molar-refractivity contribution in [2.24, 2.45) is 0 Å². The van der Waals surface area contributed by atoms with Crippen LogP contribution in [0, 0.1) is 0 Å². The van der Waals surface area contributed by atoms with Crippen LogP contribution in [0.5, 0.6) is 0 Å². The zero-order valence-electron chi connectivity index (χ0n) is 9.91. The second-order valence-electron chi connectivity index (χ2n) is 4.31. The van der Waals surface area contributed by atoms with E-state index in [1.54, 1.807) is 0 Å². The smallest absolute Gasteiger partial charge is 0.134 e. The van der Waals surface area contributed by atoms with Gasteiger partial charge in [0, 0.05) is 24.6 Å². The molecule has 0 radical (unpaired) electrons. The van der Waals surface area contributed by atoms with Crippen LogP contribution in [0.25, 0.3) is 0 Å². The average Bonchev–Trinajstić information content (AvgIpc) is 2.75. The van der Waals surface area contributed by atoms with Gasteiger partial charge in [0.2, 0.25) is 0 Å². The molecule has 0 atom stereocenters. The van der Waals surface area contributed by atoms with Crippen molar-refractivity contribution in [1.82, 2.24) is 14.5 Å². The highest BCUT2D eigenvalue weighted by Gasteiger charge is 2.14. The highest BCUT2D eigenvalue weighted by atomic mass is 32.1. The number of hydrogen-bond acceptors (Lipinski definition) is 5. The van der Waals surface area contributed by atoms with Crippen molar-refractivity contribution in [2.75, 3.05) is 25.0 Å². The van der Waals surface area contributed by atoms with Gasteiger partial charge >= 0.3 is 0 Å². The average molecular weight is 240 g/mol. The molecule has 4 nitrogen and oxygen atoms in total. The van der Waals surface area contributed by atoms with Crippen molar-refractivity contribution >= 4 is 16.5 Å². The van der Waals surface area contributed by atoms with Crippen molar-refractivity contribution < 1.29 is 0 Å². The highest BCUT2D eigenvalue weighted by Crippen LogP contribution is 2.21. The van der Waals surface area contributed by atoms with Crippen LogP contribution in [-0.4, -0.2) is 34.1 Å². The van der Waals surface area contributed by atoms with Crippen LogP contribution in [0.1, 0.15) is 38.3 Å². The third-order valence-corrected chi connectivity index (χ3v) is 3.64. The first kappa shape index (κ1) is 11.8. The maximum Gasteiger partial charge on any atom is 0.134 e. The summed E-state index contributed by atoms with van der Waals surface area (Å²) in [5, 5.41) is 8.79. The van der Waals surface area contributed by atoms with E-state index in [-0.39, 0.29) is 0 Å². The Morgan fingerprint density at radius 2 is 2.12 bits per heavy atom. The number of rotatable bonds is 5. The van der Waals surface area contributed by atoms with Crippen molar-refractivity contribution in [2.45, 2.75) is 39.2 Å². The van der Waals surface area contributed by atoms with Gasteiger partial charge in [0.15, 0.2) is 0 Å². The van der Waals surface area contributed by atoms with Crippen LogP contribution in [0.15, 0.2) is 0 Å². The van der Waals surface area contributed by atoms with E-state index in [1.807, 2.05) is 0 Å². The maximum atomic E-state index is 4.23. The molecule has 2 heterocycles. The van der Waals surface area contributed by atoms with Gasteiger partial charge in [-0.2, -0.15) is 0 Å². The van der Waals surface area contributed by atoms with E-state index in [0.717, 1.165) is 30.2 Å². The molecule has 1 aromatic rings. The molecule has 0 saturated carbocycles. The molecule has 1 saturated heterocycles. The Morgan fingerprint density at radius 3 is 2.88 bits per heavy atom. The van der Waals surface area contributed by atoms with E-state index in [9.17, 15) is 0 Å². The standard InChI is InChI=1S/C11H20N4S/c1-2-6-12-11-10(13-14-16-11)9-15-7-4-3-5-8-15/h12H,2-9H2,1H3. The summed E-state index contributed by atoms with van der Waals surface area (Å²) in [7, 11) is 0. The van der Waals surface area contributed by atoms with Crippen molar-refractivity contribution in [3.8, 4) is 0 Å². The summed E-state index contributed by atoms with van der Waals surface area (Å²) in [4.78, 5) is 2.48. The second kappa shape index (κ2) is 6.15. The lowest BCUT2D eigenvalue weighted by atomic mass is 10.1. The second-order valence-corrected chi connectivity index (χ2v) is 5.07. The first-order valence-electron chi connectivity index (χ1n) is 6.17. The van der Waals surface area contributed by atoms with Gasteiger partial charge in [-0.15, -0.1) is 5.10 Å². The first-order chi connectivity index (χ1) is 7.90. The molecule has 0 aromatic carbocycles. The van der Waals surface area contributed by atoms with Crippen LogP contribution in [0.4, 0.5) is 5.00 Å². The highest BCUT2D eigenvalue weighted by molar-refractivity contribution is 7.10. The minimum Gasteiger partial charge on any atom is -0.374 e. The fourth-order valence-electron chi connectivity index (χ4n) is 2.01. The number of piperidine rings is 1. The molecule has 2 rings (SSSR count). The van der Waals surface area contributed by atoms with Gasteiger partial charge < -0.3 is 5.32 Å². The number of nitrogens with zero attached hydrogens (tertiary/aromatic N) is 3. The number of hydrogen-bond donors (Lipinski definition) is 1. The molecule has 0 spiro atoms. The van der Waals surface area contributed by atoms with Crippen molar-refractivity contribution in [3.05, 3.63) is 5.69 Å². The van der Waals surface area contributed by atoms with Crippen molar-refractivity contribution in [1.29, 1.82) is 0 Å². The van der Waals surface area contributed by atoms with Gasteiger partial charge in [-0.3, -0.25) is 4.90 Å². The zero-order chi connectivity index (χ0) is 11.2. The van der Waals surface area contributed by atoms with Crippen molar-refractivity contribution in [3.63, 3.8) is 0 Å². The fourth-order valence-corrected chi connectivity index (χ4v) is 2.61. The third-order valence-electron chi connectivity index (χ3n) is 2.91. The van der Waals surface area contributed by atoms with Crippen LogP contribution in [0.3, 0.4) is 0 Å². The monoisotopic (exact) mass is 240 g/mol. The lowest BCUT2D eigenvalue weighted by Crippen LogP contribution is -2.29. The fraction of sp³-hybridized carbons (Fsp3) is 0.818. The predicted octanol–water partition coefficient (Wildman–Crippen LogP) is 2.35. The third kappa shape index (κ3) is 3.15. The van der Waals surface area contributed by atoms with Crippen LogP contribution in [-0.2, 0) is 6.54 Å².